The Morgan fingerprint density at radius 3 is 2.71 bits per heavy atom. The van der Waals surface area contributed by atoms with Crippen molar-refractivity contribution in [3.05, 3.63) is 45.4 Å². The minimum atomic E-state index is -4.46. The van der Waals surface area contributed by atoms with Crippen molar-refractivity contribution in [2.24, 2.45) is 5.73 Å². The van der Waals surface area contributed by atoms with Gasteiger partial charge in [0.1, 0.15) is 9.88 Å². The zero-order chi connectivity index (χ0) is 15.6. The van der Waals surface area contributed by atoms with Crippen LogP contribution < -0.4 is 11.1 Å². The van der Waals surface area contributed by atoms with E-state index < -0.39 is 17.6 Å². The fourth-order valence-electron chi connectivity index (χ4n) is 1.71. The molecule has 2 rings (SSSR count). The Balaban J connectivity index is 2.21. The van der Waals surface area contributed by atoms with Crippen LogP contribution in [0.4, 0.5) is 18.9 Å². The molecule has 1 amide bonds. The minimum Gasteiger partial charge on any atom is -0.325 e. The quantitative estimate of drug-likeness (QED) is 0.914. The number of rotatable bonds is 3. The predicted octanol–water partition coefficient (Wildman–Crippen LogP) is 3.18. The van der Waals surface area contributed by atoms with Gasteiger partial charge in [0.2, 0.25) is 0 Å². The van der Waals surface area contributed by atoms with Gasteiger partial charge >= 0.3 is 6.18 Å². The van der Waals surface area contributed by atoms with E-state index in [0.29, 0.717) is 9.88 Å². The van der Waals surface area contributed by atoms with Gasteiger partial charge in [-0.25, -0.2) is 4.98 Å². The summed E-state index contributed by atoms with van der Waals surface area (Å²) in [6.07, 6.45) is -3.11. The molecule has 1 heterocycles. The van der Waals surface area contributed by atoms with Crippen LogP contribution in [0.15, 0.2) is 24.4 Å². The third-order valence-corrected chi connectivity index (χ3v) is 3.77. The first kappa shape index (κ1) is 15.5. The van der Waals surface area contributed by atoms with Gasteiger partial charge in [0.15, 0.2) is 0 Å². The maximum absolute atomic E-state index is 12.8. The molecule has 0 aliphatic rings. The lowest BCUT2D eigenvalue weighted by Crippen LogP contribution is -2.13. The number of carbonyl (C=O) groups is 1. The van der Waals surface area contributed by atoms with Gasteiger partial charge in [0.25, 0.3) is 5.91 Å². The molecule has 0 aliphatic heterocycles. The summed E-state index contributed by atoms with van der Waals surface area (Å²) < 4.78 is 38.4. The summed E-state index contributed by atoms with van der Waals surface area (Å²) >= 11 is 1.10. The lowest BCUT2D eigenvalue weighted by Gasteiger charge is -2.12. The summed E-state index contributed by atoms with van der Waals surface area (Å²) in [5.41, 5.74) is 4.80. The Morgan fingerprint density at radius 1 is 1.43 bits per heavy atom. The second kappa shape index (κ2) is 5.82. The van der Waals surface area contributed by atoms with Crippen molar-refractivity contribution >= 4 is 22.9 Å². The van der Waals surface area contributed by atoms with Crippen LogP contribution in [-0.4, -0.2) is 10.9 Å². The molecule has 0 unspecified atom stereocenters. The molecule has 0 aliphatic carbocycles. The Labute approximate surface area is 122 Å². The summed E-state index contributed by atoms with van der Waals surface area (Å²) in [5, 5.41) is 3.01. The van der Waals surface area contributed by atoms with Crippen molar-refractivity contribution in [1.29, 1.82) is 0 Å². The standard InChI is InChI=1S/C13H12F3N3OS/c1-7-2-3-8(4-9(7)13(14,15)16)19-12(20)10-6-18-11(5-17)21-10/h2-4,6H,5,17H2,1H3,(H,19,20). The van der Waals surface area contributed by atoms with E-state index in [9.17, 15) is 18.0 Å². The van der Waals surface area contributed by atoms with Gasteiger partial charge in [0.05, 0.1) is 11.8 Å². The van der Waals surface area contributed by atoms with E-state index in [2.05, 4.69) is 10.3 Å². The number of hydrogen-bond acceptors (Lipinski definition) is 4. The lowest BCUT2D eigenvalue weighted by atomic mass is 10.1. The highest BCUT2D eigenvalue weighted by atomic mass is 32.1. The number of halogens is 3. The molecular formula is C13H12F3N3OS. The van der Waals surface area contributed by atoms with Crippen LogP contribution in [0.1, 0.15) is 25.8 Å². The van der Waals surface area contributed by atoms with Crippen LogP contribution >= 0.6 is 11.3 Å². The van der Waals surface area contributed by atoms with Gasteiger partial charge in [-0.1, -0.05) is 6.07 Å². The highest BCUT2D eigenvalue weighted by molar-refractivity contribution is 7.13. The molecule has 0 fully saturated rings. The van der Waals surface area contributed by atoms with Crippen molar-refractivity contribution in [1.82, 2.24) is 4.98 Å². The normalized spacial score (nSPS) is 11.5. The van der Waals surface area contributed by atoms with Gasteiger partial charge < -0.3 is 11.1 Å². The van der Waals surface area contributed by atoms with Crippen LogP contribution in [0, 0.1) is 6.92 Å². The summed E-state index contributed by atoms with van der Waals surface area (Å²) in [7, 11) is 0. The number of nitrogens with one attached hydrogen (secondary N) is 1. The van der Waals surface area contributed by atoms with Crippen molar-refractivity contribution in [3.8, 4) is 0 Å². The molecule has 1 aromatic heterocycles. The first-order valence-electron chi connectivity index (χ1n) is 5.95. The van der Waals surface area contributed by atoms with Gasteiger partial charge in [-0.15, -0.1) is 11.3 Å². The van der Waals surface area contributed by atoms with Crippen LogP contribution in [0.25, 0.3) is 0 Å². The number of hydrogen-bond donors (Lipinski definition) is 2. The fraction of sp³-hybridized carbons (Fsp3) is 0.231. The smallest absolute Gasteiger partial charge is 0.325 e. The maximum Gasteiger partial charge on any atom is 0.416 e. The number of aryl methyl sites for hydroxylation is 1. The maximum atomic E-state index is 12.8. The van der Waals surface area contributed by atoms with E-state index >= 15 is 0 Å². The highest BCUT2D eigenvalue weighted by Crippen LogP contribution is 2.33. The number of amides is 1. The molecule has 1 aromatic carbocycles. The number of thiazole rings is 1. The molecule has 112 valence electrons. The van der Waals surface area contributed by atoms with E-state index in [1.165, 1.54) is 25.3 Å². The average Bonchev–Trinajstić information content (AvgIpc) is 2.88. The monoisotopic (exact) mass is 315 g/mol. The molecular weight excluding hydrogens is 303 g/mol. The number of anilines is 1. The van der Waals surface area contributed by atoms with Crippen LogP contribution in [-0.2, 0) is 12.7 Å². The highest BCUT2D eigenvalue weighted by Gasteiger charge is 2.32. The number of carbonyl (C=O) groups excluding carboxylic acids is 1. The van der Waals surface area contributed by atoms with Crippen LogP contribution in [0.3, 0.4) is 0 Å². The largest absolute Gasteiger partial charge is 0.416 e. The minimum absolute atomic E-state index is 0.0839. The number of aromatic nitrogens is 1. The van der Waals surface area contributed by atoms with E-state index in [1.54, 1.807) is 0 Å². The molecule has 21 heavy (non-hydrogen) atoms. The van der Waals surface area contributed by atoms with Crippen molar-refractivity contribution < 1.29 is 18.0 Å². The molecule has 0 spiro atoms. The number of nitrogens with zero attached hydrogens (tertiary/aromatic N) is 1. The Morgan fingerprint density at radius 2 is 2.14 bits per heavy atom. The molecule has 0 radical (unpaired) electrons. The van der Waals surface area contributed by atoms with Crippen molar-refractivity contribution in [2.45, 2.75) is 19.6 Å². The van der Waals surface area contributed by atoms with E-state index in [-0.39, 0.29) is 17.8 Å². The zero-order valence-electron chi connectivity index (χ0n) is 11.0. The molecule has 2 aromatic rings. The Kier molecular flexibility index (Phi) is 4.29. The van der Waals surface area contributed by atoms with E-state index in [1.807, 2.05) is 0 Å². The molecule has 8 heteroatoms. The molecule has 3 N–H and O–H groups in total. The zero-order valence-corrected chi connectivity index (χ0v) is 11.8. The number of alkyl halides is 3. The molecule has 0 atom stereocenters. The second-order valence-electron chi connectivity index (χ2n) is 4.30. The topological polar surface area (TPSA) is 68.0 Å². The van der Waals surface area contributed by atoms with Crippen molar-refractivity contribution in [2.75, 3.05) is 5.32 Å². The molecule has 0 bridgehead atoms. The summed E-state index contributed by atoms with van der Waals surface area (Å²) in [6, 6.07) is 3.65. The fourth-order valence-corrected chi connectivity index (χ4v) is 2.40. The predicted molar refractivity (Wildman–Crippen MR) is 74.1 cm³/mol. The average molecular weight is 315 g/mol. The van der Waals surface area contributed by atoms with Crippen LogP contribution in [0.2, 0.25) is 0 Å². The lowest BCUT2D eigenvalue weighted by molar-refractivity contribution is -0.138. The number of benzene rings is 1. The Bertz CT molecular complexity index is 667. The Hall–Kier alpha value is -1.93. The van der Waals surface area contributed by atoms with Gasteiger partial charge in [0, 0.05) is 12.2 Å². The summed E-state index contributed by atoms with van der Waals surface area (Å²) in [6.45, 7) is 1.58. The molecule has 0 saturated carbocycles. The first-order valence-corrected chi connectivity index (χ1v) is 6.77. The summed E-state index contributed by atoms with van der Waals surface area (Å²) in [4.78, 5) is 16.1. The van der Waals surface area contributed by atoms with Crippen LogP contribution in [0.5, 0.6) is 0 Å². The van der Waals surface area contributed by atoms with E-state index in [4.69, 9.17) is 5.73 Å². The summed E-state index contributed by atoms with van der Waals surface area (Å²) in [5.74, 6) is -0.510. The van der Waals surface area contributed by atoms with Gasteiger partial charge in [-0.05, 0) is 24.6 Å². The second-order valence-corrected chi connectivity index (χ2v) is 5.42. The first-order chi connectivity index (χ1) is 9.81. The van der Waals surface area contributed by atoms with Gasteiger partial charge in [-0.2, -0.15) is 13.2 Å². The SMILES string of the molecule is Cc1ccc(NC(=O)c2cnc(CN)s2)cc1C(F)(F)F. The molecule has 0 saturated heterocycles. The van der Waals surface area contributed by atoms with Gasteiger partial charge in [-0.3, -0.25) is 4.79 Å². The third kappa shape index (κ3) is 3.59. The third-order valence-electron chi connectivity index (χ3n) is 2.75. The molecule has 4 nitrogen and oxygen atoms in total. The van der Waals surface area contributed by atoms with E-state index in [0.717, 1.165) is 17.4 Å². The van der Waals surface area contributed by atoms with Crippen molar-refractivity contribution in [3.63, 3.8) is 0 Å². The number of nitrogens with two attached hydrogens (primary N) is 1.